The Hall–Kier alpha value is -1.76. The van der Waals surface area contributed by atoms with E-state index in [4.69, 9.17) is 5.11 Å². The molecule has 0 heterocycles. The number of carboxylic acid groups (broad SMARTS) is 1. The Bertz CT molecular complexity index is 505. The van der Waals surface area contributed by atoms with E-state index in [-0.39, 0.29) is 17.3 Å². The molecule has 2 N–H and O–H groups in total. The van der Waals surface area contributed by atoms with Crippen molar-refractivity contribution in [1.29, 1.82) is 0 Å². The monoisotopic (exact) mass is 284 g/mol. The van der Waals surface area contributed by atoms with Gasteiger partial charge in [-0.15, -0.1) is 0 Å². The van der Waals surface area contributed by atoms with Crippen molar-refractivity contribution in [3.63, 3.8) is 0 Å². The molecule has 1 rings (SSSR count). The van der Waals surface area contributed by atoms with Gasteiger partial charge in [-0.05, 0) is 26.2 Å². The SMILES string of the molecule is CSCC(C)Nc1cc(C(=O)O)cc([N+](=O)[O-])c1C. The van der Waals surface area contributed by atoms with Gasteiger partial charge in [0.05, 0.1) is 10.5 Å². The van der Waals surface area contributed by atoms with E-state index in [9.17, 15) is 14.9 Å². The highest BCUT2D eigenvalue weighted by atomic mass is 32.2. The molecule has 104 valence electrons. The van der Waals surface area contributed by atoms with E-state index < -0.39 is 10.9 Å². The molecule has 0 spiro atoms. The maximum Gasteiger partial charge on any atom is 0.336 e. The van der Waals surface area contributed by atoms with Gasteiger partial charge >= 0.3 is 5.97 Å². The average molecular weight is 284 g/mol. The van der Waals surface area contributed by atoms with Crippen molar-refractivity contribution >= 4 is 29.1 Å². The Morgan fingerprint density at radius 1 is 1.58 bits per heavy atom. The van der Waals surface area contributed by atoms with Crippen molar-refractivity contribution < 1.29 is 14.8 Å². The summed E-state index contributed by atoms with van der Waals surface area (Å²) in [5.74, 6) is -0.353. The summed E-state index contributed by atoms with van der Waals surface area (Å²) in [4.78, 5) is 21.4. The number of nitrogens with one attached hydrogen (secondary N) is 1. The van der Waals surface area contributed by atoms with Gasteiger partial charge in [-0.3, -0.25) is 10.1 Å². The van der Waals surface area contributed by atoms with Crippen LogP contribution in [0.4, 0.5) is 11.4 Å². The molecule has 0 aliphatic heterocycles. The van der Waals surface area contributed by atoms with Gasteiger partial charge in [0.15, 0.2) is 0 Å². The van der Waals surface area contributed by atoms with Crippen LogP contribution in [0.25, 0.3) is 0 Å². The van der Waals surface area contributed by atoms with Crippen LogP contribution in [0.1, 0.15) is 22.8 Å². The Kier molecular flexibility index (Phi) is 5.17. The van der Waals surface area contributed by atoms with Crippen LogP contribution >= 0.6 is 11.8 Å². The smallest absolute Gasteiger partial charge is 0.336 e. The van der Waals surface area contributed by atoms with Crippen LogP contribution in [0.5, 0.6) is 0 Å². The van der Waals surface area contributed by atoms with Gasteiger partial charge in [-0.2, -0.15) is 11.8 Å². The molecule has 0 aliphatic rings. The minimum Gasteiger partial charge on any atom is -0.478 e. The molecule has 6 nitrogen and oxygen atoms in total. The number of anilines is 1. The minimum atomic E-state index is -1.18. The maximum absolute atomic E-state index is 11.0. The van der Waals surface area contributed by atoms with E-state index in [1.807, 2.05) is 13.2 Å². The minimum absolute atomic E-state index is 0.0869. The molecule has 7 heteroatoms. The van der Waals surface area contributed by atoms with Crippen molar-refractivity contribution in [3.8, 4) is 0 Å². The Morgan fingerprint density at radius 3 is 2.68 bits per heavy atom. The Balaban J connectivity index is 3.21. The number of nitro benzene ring substituents is 1. The Morgan fingerprint density at radius 2 is 2.21 bits per heavy atom. The number of nitrogens with zero attached hydrogens (tertiary/aromatic N) is 1. The van der Waals surface area contributed by atoms with Crippen molar-refractivity contribution in [3.05, 3.63) is 33.4 Å². The summed E-state index contributed by atoms with van der Waals surface area (Å²) in [5, 5.41) is 23.0. The number of rotatable bonds is 6. The predicted molar refractivity (Wildman–Crippen MR) is 76.3 cm³/mol. The van der Waals surface area contributed by atoms with E-state index in [1.54, 1.807) is 18.7 Å². The lowest BCUT2D eigenvalue weighted by Crippen LogP contribution is -2.19. The zero-order chi connectivity index (χ0) is 14.6. The highest BCUT2D eigenvalue weighted by Crippen LogP contribution is 2.28. The third-order valence-electron chi connectivity index (χ3n) is 2.64. The molecule has 0 aromatic heterocycles. The second kappa shape index (κ2) is 6.42. The lowest BCUT2D eigenvalue weighted by Gasteiger charge is -2.16. The van der Waals surface area contributed by atoms with Crippen LogP contribution in [0.15, 0.2) is 12.1 Å². The van der Waals surface area contributed by atoms with Crippen LogP contribution in [0.3, 0.4) is 0 Å². The summed E-state index contributed by atoms with van der Waals surface area (Å²) in [6.45, 7) is 3.55. The summed E-state index contributed by atoms with van der Waals surface area (Å²) in [7, 11) is 0. The summed E-state index contributed by atoms with van der Waals surface area (Å²) in [5.41, 5.74) is 0.672. The quantitative estimate of drug-likeness (QED) is 0.616. The van der Waals surface area contributed by atoms with Gasteiger partial charge in [-0.1, -0.05) is 0 Å². The topological polar surface area (TPSA) is 92.5 Å². The van der Waals surface area contributed by atoms with Crippen LogP contribution in [0, 0.1) is 17.0 Å². The summed E-state index contributed by atoms with van der Waals surface area (Å²) in [6.07, 6.45) is 1.96. The van der Waals surface area contributed by atoms with Gasteiger partial charge in [0.2, 0.25) is 0 Å². The summed E-state index contributed by atoms with van der Waals surface area (Å²) >= 11 is 1.64. The van der Waals surface area contributed by atoms with E-state index in [2.05, 4.69) is 5.32 Å². The van der Waals surface area contributed by atoms with Gasteiger partial charge < -0.3 is 10.4 Å². The predicted octanol–water partition coefficient (Wildman–Crippen LogP) is 2.76. The van der Waals surface area contributed by atoms with Crippen LogP contribution in [0.2, 0.25) is 0 Å². The molecule has 0 radical (unpaired) electrons. The molecule has 1 atom stereocenters. The van der Waals surface area contributed by atoms with Crippen molar-refractivity contribution in [2.75, 3.05) is 17.3 Å². The fraction of sp³-hybridized carbons (Fsp3) is 0.417. The molecule has 0 saturated carbocycles. The van der Waals surface area contributed by atoms with Gasteiger partial charge in [0.25, 0.3) is 5.69 Å². The number of carboxylic acids is 1. The largest absolute Gasteiger partial charge is 0.478 e. The molecule has 1 aromatic rings. The fourth-order valence-corrected chi connectivity index (χ4v) is 2.30. The molecular weight excluding hydrogens is 268 g/mol. The zero-order valence-corrected chi connectivity index (χ0v) is 11.8. The number of benzene rings is 1. The number of hydrogen-bond acceptors (Lipinski definition) is 5. The van der Waals surface area contributed by atoms with Crippen molar-refractivity contribution in [1.82, 2.24) is 0 Å². The van der Waals surface area contributed by atoms with Gasteiger partial charge in [0.1, 0.15) is 0 Å². The third-order valence-corrected chi connectivity index (χ3v) is 3.48. The lowest BCUT2D eigenvalue weighted by atomic mass is 10.1. The number of hydrogen-bond donors (Lipinski definition) is 2. The number of carbonyl (C=O) groups is 1. The second-order valence-electron chi connectivity index (χ2n) is 4.23. The van der Waals surface area contributed by atoms with Crippen LogP contribution < -0.4 is 5.32 Å². The highest BCUT2D eigenvalue weighted by Gasteiger charge is 2.19. The molecule has 1 unspecified atom stereocenters. The summed E-state index contributed by atoms with van der Waals surface area (Å²) in [6, 6.07) is 2.61. The Labute approximate surface area is 115 Å². The van der Waals surface area contributed by atoms with E-state index in [0.29, 0.717) is 11.3 Å². The molecule has 0 aliphatic carbocycles. The van der Waals surface area contributed by atoms with Crippen molar-refractivity contribution in [2.45, 2.75) is 19.9 Å². The molecular formula is C12H16N2O4S. The normalized spacial score (nSPS) is 11.9. The first-order chi connectivity index (χ1) is 8.86. The summed E-state index contributed by atoms with van der Waals surface area (Å²) < 4.78 is 0. The van der Waals surface area contributed by atoms with E-state index >= 15 is 0 Å². The first kappa shape index (κ1) is 15.3. The fourth-order valence-electron chi connectivity index (χ4n) is 1.72. The number of thioether (sulfide) groups is 1. The number of aromatic carboxylic acids is 1. The maximum atomic E-state index is 11.0. The molecule has 0 bridgehead atoms. The lowest BCUT2D eigenvalue weighted by molar-refractivity contribution is -0.385. The van der Waals surface area contributed by atoms with Crippen LogP contribution in [-0.2, 0) is 0 Å². The molecule has 0 fully saturated rings. The standard InChI is InChI=1S/C12H16N2O4S/c1-7(6-19-3)13-10-4-9(12(15)16)5-11(8(10)2)14(17)18/h4-5,7,13H,6H2,1-3H3,(H,15,16). The molecule has 19 heavy (non-hydrogen) atoms. The second-order valence-corrected chi connectivity index (χ2v) is 5.14. The molecule has 0 amide bonds. The van der Waals surface area contributed by atoms with E-state index in [0.717, 1.165) is 11.8 Å². The number of nitro groups is 1. The molecule has 0 saturated heterocycles. The van der Waals surface area contributed by atoms with Crippen molar-refractivity contribution in [2.24, 2.45) is 0 Å². The molecule has 1 aromatic carbocycles. The first-order valence-corrected chi connectivity index (χ1v) is 7.04. The average Bonchev–Trinajstić information content (AvgIpc) is 2.31. The van der Waals surface area contributed by atoms with Crippen LogP contribution in [-0.4, -0.2) is 34.0 Å². The van der Waals surface area contributed by atoms with Gasteiger partial charge in [0, 0.05) is 29.1 Å². The zero-order valence-electron chi connectivity index (χ0n) is 11.0. The first-order valence-electron chi connectivity index (χ1n) is 5.64. The van der Waals surface area contributed by atoms with Gasteiger partial charge in [-0.25, -0.2) is 4.79 Å². The highest BCUT2D eigenvalue weighted by molar-refractivity contribution is 7.98. The third kappa shape index (κ3) is 3.85. The van der Waals surface area contributed by atoms with E-state index in [1.165, 1.54) is 6.07 Å².